The molecule has 0 saturated heterocycles. The molecule has 0 spiro atoms. The molecule has 23 heavy (non-hydrogen) atoms. The van der Waals surface area contributed by atoms with Gasteiger partial charge in [0.25, 0.3) is 5.56 Å². The molecule has 2 rings (SSSR count). The van der Waals surface area contributed by atoms with Crippen molar-refractivity contribution in [1.82, 2.24) is 14.5 Å². The zero-order valence-electron chi connectivity index (χ0n) is 12.2. The number of carbonyl (C=O) groups is 1. The number of amides is 1. The number of nitrogens with zero attached hydrogens (tertiary/aromatic N) is 3. The van der Waals surface area contributed by atoms with E-state index in [0.717, 1.165) is 22.4 Å². The van der Waals surface area contributed by atoms with Crippen LogP contribution in [0, 0.1) is 0 Å². The largest absolute Gasteiger partial charge is 0.421 e. The van der Waals surface area contributed by atoms with Gasteiger partial charge < -0.3 is 9.47 Å². The van der Waals surface area contributed by atoms with Gasteiger partial charge in [-0.15, -0.1) is 0 Å². The maximum atomic E-state index is 12.7. The molecule has 0 aliphatic rings. The molecule has 8 heteroatoms. The molecular weight excluding hydrogens is 311 g/mol. The Hall–Kier alpha value is -2.64. The van der Waals surface area contributed by atoms with Crippen LogP contribution in [0.25, 0.3) is 0 Å². The van der Waals surface area contributed by atoms with Gasteiger partial charge in [-0.25, -0.2) is 0 Å². The van der Waals surface area contributed by atoms with Gasteiger partial charge in [-0.3, -0.25) is 14.6 Å². The fourth-order valence-corrected chi connectivity index (χ4v) is 2.00. The second-order valence-electron chi connectivity index (χ2n) is 4.96. The van der Waals surface area contributed by atoms with Crippen LogP contribution in [0.1, 0.15) is 11.1 Å². The second kappa shape index (κ2) is 6.64. The molecule has 2 heterocycles. The maximum absolute atomic E-state index is 12.7. The fraction of sp³-hybridized carbons (Fsp3) is 0.267. The summed E-state index contributed by atoms with van der Waals surface area (Å²) in [5, 5.41) is 0. The first kappa shape index (κ1) is 16.7. The first-order valence-corrected chi connectivity index (χ1v) is 6.68. The monoisotopic (exact) mass is 325 g/mol. The fourth-order valence-electron chi connectivity index (χ4n) is 2.00. The van der Waals surface area contributed by atoms with Crippen molar-refractivity contribution in [2.45, 2.75) is 19.3 Å². The molecule has 122 valence electrons. The number of aromatic nitrogens is 2. The Morgan fingerprint density at radius 1 is 1.30 bits per heavy atom. The van der Waals surface area contributed by atoms with Crippen LogP contribution in [-0.2, 0) is 24.1 Å². The number of hydrogen-bond donors (Lipinski definition) is 0. The van der Waals surface area contributed by atoms with Crippen molar-refractivity contribution in [2.24, 2.45) is 0 Å². The Kier molecular flexibility index (Phi) is 4.83. The normalized spacial score (nSPS) is 11.3. The zero-order valence-corrected chi connectivity index (χ0v) is 12.2. The van der Waals surface area contributed by atoms with Gasteiger partial charge in [-0.2, -0.15) is 13.2 Å². The van der Waals surface area contributed by atoms with Crippen LogP contribution in [0.5, 0.6) is 0 Å². The molecule has 0 aliphatic carbocycles. The standard InChI is InChI=1S/C15H14F3N3O2/c1-20(9-11-4-2-6-19-8-11)13(22)10-21-7-3-5-12(14(21)23)15(16,17)18/h2-8H,9-10H2,1H3. The molecule has 0 saturated carbocycles. The summed E-state index contributed by atoms with van der Waals surface area (Å²) in [6.45, 7) is -0.208. The van der Waals surface area contributed by atoms with Crippen molar-refractivity contribution < 1.29 is 18.0 Å². The third-order valence-corrected chi connectivity index (χ3v) is 3.20. The first-order valence-electron chi connectivity index (χ1n) is 6.68. The Labute approximate surface area is 130 Å². The highest BCUT2D eigenvalue weighted by molar-refractivity contribution is 5.75. The summed E-state index contributed by atoms with van der Waals surface area (Å²) < 4.78 is 38.8. The summed E-state index contributed by atoms with van der Waals surface area (Å²) in [5.74, 6) is -0.477. The van der Waals surface area contributed by atoms with E-state index < -0.39 is 29.8 Å². The lowest BCUT2D eigenvalue weighted by Crippen LogP contribution is -2.35. The van der Waals surface area contributed by atoms with E-state index in [4.69, 9.17) is 0 Å². The highest BCUT2D eigenvalue weighted by Crippen LogP contribution is 2.25. The Morgan fingerprint density at radius 3 is 2.65 bits per heavy atom. The smallest absolute Gasteiger partial charge is 0.340 e. The average molecular weight is 325 g/mol. The van der Waals surface area contributed by atoms with Crippen LogP contribution in [0.2, 0.25) is 0 Å². The van der Waals surface area contributed by atoms with E-state index in [2.05, 4.69) is 4.98 Å². The van der Waals surface area contributed by atoms with E-state index in [0.29, 0.717) is 6.07 Å². The van der Waals surface area contributed by atoms with Gasteiger partial charge in [0.05, 0.1) is 0 Å². The van der Waals surface area contributed by atoms with Crippen LogP contribution in [0.4, 0.5) is 13.2 Å². The lowest BCUT2D eigenvalue weighted by molar-refractivity contribution is -0.139. The molecule has 2 aromatic rings. The number of likely N-dealkylation sites (N-methyl/N-ethyl adjacent to an activating group) is 1. The predicted octanol–water partition coefficient (Wildman–Crippen LogP) is 1.92. The summed E-state index contributed by atoms with van der Waals surface area (Å²) in [7, 11) is 1.51. The van der Waals surface area contributed by atoms with Crippen molar-refractivity contribution in [3.63, 3.8) is 0 Å². The minimum atomic E-state index is -4.75. The molecule has 0 bridgehead atoms. The van der Waals surface area contributed by atoms with E-state index in [1.807, 2.05) is 0 Å². The van der Waals surface area contributed by atoms with Gasteiger partial charge in [-0.1, -0.05) is 6.07 Å². The van der Waals surface area contributed by atoms with Crippen LogP contribution in [0.15, 0.2) is 47.7 Å². The Bertz CT molecular complexity index is 742. The SMILES string of the molecule is CN(Cc1cccnc1)C(=O)Cn1cccc(C(F)(F)F)c1=O. The van der Waals surface area contributed by atoms with Crippen molar-refractivity contribution in [1.29, 1.82) is 0 Å². The highest BCUT2D eigenvalue weighted by Gasteiger charge is 2.34. The number of pyridine rings is 2. The van der Waals surface area contributed by atoms with Crippen LogP contribution in [-0.4, -0.2) is 27.4 Å². The Balaban J connectivity index is 2.13. The molecule has 1 amide bonds. The number of carbonyl (C=O) groups excluding carboxylic acids is 1. The molecule has 0 aromatic carbocycles. The average Bonchev–Trinajstić information content (AvgIpc) is 2.49. The first-order chi connectivity index (χ1) is 10.8. The topological polar surface area (TPSA) is 55.2 Å². The summed E-state index contributed by atoms with van der Waals surface area (Å²) in [5.41, 5.74) is -1.74. The molecular formula is C15H14F3N3O2. The number of alkyl halides is 3. The van der Waals surface area contributed by atoms with Crippen molar-refractivity contribution in [2.75, 3.05) is 7.05 Å². The summed E-state index contributed by atoms with van der Waals surface area (Å²) >= 11 is 0. The predicted molar refractivity (Wildman–Crippen MR) is 76.4 cm³/mol. The Morgan fingerprint density at radius 2 is 2.04 bits per heavy atom. The molecule has 5 nitrogen and oxygen atoms in total. The van der Waals surface area contributed by atoms with Gasteiger partial charge in [0, 0.05) is 32.2 Å². The summed E-state index contributed by atoms with van der Waals surface area (Å²) in [4.78, 5) is 29.1. The van der Waals surface area contributed by atoms with E-state index in [1.54, 1.807) is 24.5 Å². The number of hydrogen-bond acceptors (Lipinski definition) is 3. The van der Waals surface area contributed by atoms with Gasteiger partial charge in [0.1, 0.15) is 12.1 Å². The van der Waals surface area contributed by atoms with E-state index in [-0.39, 0.29) is 6.54 Å². The quantitative estimate of drug-likeness (QED) is 0.863. The number of halogens is 3. The molecule has 2 aromatic heterocycles. The third-order valence-electron chi connectivity index (χ3n) is 3.20. The molecule has 0 radical (unpaired) electrons. The van der Waals surface area contributed by atoms with Crippen molar-refractivity contribution in [3.8, 4) is 0 Å². The highest BCUT2D eigenvalue weighted by atomic mass is 19.4. The third kappa shape index (κ3) is 4.18. The molecule has 0 atom stereocenters. The zero-order chi connectivity index (χ0) is 17.0. The van der Waals surface area contributed by atoms with E-state index in [9.17, 15) is 22.8 Å². The number of rotatable bonds is 4. The van der Waals surface area contributed by atoms with Crippen LogP contribution < -0.4 is 5.56 Å². The maximum Gasteiger partial charge on any atom is 0.421 e. The molecule has 0 unspecified atom stereocenters. The molecule has 0 fully saturated rings. The van der Waals surface area contributed by atoms with Gasteiger partial charge >= 0.3 is 6.18 Å². The lowest BCUT2D eigenvalue weighted by atomic mass is 10.2. The minimum absolute atomic E-state index is 0.250. The molecule has 0 N–H and O–H groups in total. The van der Waals surface area contributed by atoms with E-state index in [1.165, 1.54) is 11.9 Å². The van der Waals surface area contributed by atoms with Gasteiger partial charge in [0.2, 0.25) is 5.91 Å². The van der Waals surface area contributed by atoms with Crippen molar-refractivity contribution in [3.05, 3.63) is 64.3 Å². The summed E-state index contributed by atoms with van der Waals surface area (Å²) in [6.07, 6.45) is -0.411. The summed E-state index contributed by atoms with van der Waals surface area (Å²) in [6, 6.07) is 5.28. The van der Waals surface area contributed by atoms with Gasteiger partial charge in [-0.05, 0) is 23.8 Å². The van der Waals surface area contributed by atoms with Crippen LogP contribution in [0.3, 0.4) is 0 Å². The van der Waals surface area contributed by atoms with Crippen molar-refractivity contribution >= 4 is 5.91 Å². The lowest BCUT2D eigenvalue weighted by Gasteiger charge is -2.18. The van der Waals surface area contributed by atoms with E-state index >= 15 is 0 Å². The molecule has 0 aliphatic heterocycles. The van der Waals surface area contributed by atoms with Crippen LogP contribution >= 0.6 is 0 Å². The second-order valence-corrected chi connectivity index (χ2v) is 4.96. The van der Waals surface area contributed by atoms with Gasteiger partial charge in [0.15, 0.2) is 0 Å². The minimum Gasteiger partial charge on any atom is -0.340 e.